The van der Waals surface area contributed by atoms with Gasteiger partial charge in [-0.3, -0.25) is 14.5 Å². The van der Waals surface area contributed by atoms with E-state index in [2.05, 4.69) is 0 Å². The average molecular weight is 499 g/mol. The van der Waals surface area contributed by atoms with Gasteiger partial charge in [0.2, 0.25) is 11.8 Å². The normalized spacial score (nSPS) is 20.8. The summed E-state index contributed by atoms with van der Waals surface area (Å²) in [7, 11) is 0. The third-order valence-electron chi connectivity index (χ3n) is 6.37. The summed E-state index contributed by atoms with van der Waals surface area (Å²) in [6.07, 6.45) is -3.16. The maximum absolute atomic E-state index is 13.3. The maximum atomic E-state index is 13.3. The molecule has 0 radical (unpaired) electrons. The minimum Gasteiger partial charge on any atom is -0.444 e. The Morgan fingerprint density at radius 1 is 1.17 bits per heavy atom. The first-order chi connectivity index (χ1) is 16.5. The number of ether oxygens (including phenoxy) is 1. The van der Waals surface area contributed by atoms with Gasteiger partial charge in [0.15, 0.2) is 0 Å². The van der Waals surface area contributed by atoms with Crippen LogP contribution in [0.5, 0.6) is 0 Å². The molecular formula is C24H33F3N4O4. The van der Waals surface area contributed by atoms with E-state index in [-0.39, 0.29) is 43.5 Å². The van der Waals surface area contributed by atoms with Gasteiger partial charge in [0.05, 0.1) is 12.1 Å². The average Bonchev–Trinajstić information content (AvgIpc) is 2.78. The number of carbonyl (C=O) groups excluding carboxylic acids is 3. The first-order valence-corrected chi connectivity index (χ1v) is 11.9. The molecule has 0 aromatic heterocycles. The molecule has 3 amide bonds. The van der Waals surface area contributed by atoms with Gasteiger partial charge in [0.25, 0.3) is 0 Å². The molecule has 3 rings (SSSR count). The molecule has 0 bridgehead atoms. The smallest absolute Gasteiger partial charge is 0.416 e. The molecule has 2 fully saturated rings. The maximum Gasteiger partial charge on any atom is 0.416 e. The van der Waals surface area contributed by atoms with Gasteiger partial charge in [-0.05, 0) is 50.4 Å². The molecule has 2 N–H and O–H groups in total. The van der Waals surface area contributed by atoms with Crippen LogP contribution in [0, 0.1) is 6.92 Å². The van der Waals surface area contributed by atoms with Crippen molar-refractivity contribution >= 4 is 17.9 Å². The van der Waals surface area contributed by atoms with Crippen molar-refractivity contribution in [2.75, 3.05) is 26.2 Å². The Kier molecular flexibility index (Phi) is 8.63. The Morgan fingerprint density at radius 3 is 2.57 bits per heavy atom. The number of hydrogen-bond donors (Lipinski definition) is 1. The Labute approximate surface area is 203 Å². The number of nitrogens with zero attached hydrogens (tertiary/aromatic N) is 3. The number of amides is 3. The van der Waals surface area contributed by atoms with Crippen molar-refractivity contribution in [2.24, 2.45) is 5.73 Å². The third kappa shape index (κ3) is 6.45. The minimum atomic E-state index is -4.51. The van der Waals surface area contributed by atoms with Gasteiger partial charge in [-0.15, -0.1) is 0 Å². The lowest BCUT2D eigenvalue weighted by Gasteiger charge is -2.51. The number of hydrogen-bond acceptors (Lipinski definition) is 5. The van der Waals surface area contributed by atoms with Gasteiger partial charge in [-0.2, -0.15) is 13.2 Å². The highest BCUT2D eigenvalue weighted by molar-refractivity contribution is 5.88. The predicted octanol–water partition coefficient (Wildman–Crippen LogP) is 3.26. The van der Waals surface area contributed by atoms with E-state index in [0.717, 1.165) is 25.0 Å². The van der Waals surface area contributed by atoms with Crippen LogP contribution in [0.2, 0.25) is 0 Å². The summed E-state index contributed by atoms with van der Waals surface area (Å²) in [6, 6.07) is 3.10. The van der Waals surface area contributed by atoms with Crippen LogP contribution in [0.3, 0.4) is 0 Å². The molecule has 2 aliphatic heterocycles. The zero-order valence-corrected chi connectivity index (χ0v) is 20.1. The first-order valence-electron chi connectivity index (χ1n) is 11.9. The molecular weight excluding hydrogens is 465 g/mol. The molecule has 2 saturated heterocycles. The molecule has 11 heteroatoms. The molecule has 2 aliphatic rings. The largest absolute Gasteiger partial charge is 0.444 e. The number of unbranched alkanes of at least 4 members (excludes halogenated alkanes) is 1. The van der Waals surface area contributed by atoms with Crippen molar-refractivity contribution < 1.29 is 32.3 Å². The topological polar surface area (TPSA) is 96.2 Å². The number of nitrogens with two attached hydrogens (primary N) is 1. The van der Waals surface area contributed by atoms with Gasteiger partial charge in [-0.1, -0.05) is 25.0 Å². The monoisotopic (exact) mass is 498 g/mol. The molecule has 0 aliphatic carbocycles. The molecule has 1 aromatic rings. The number of halogens is 3. The van der Waals surface area contributed by atoms with E-state index in [0.29, 0.717) is 31.5 Å². The fourth-order valence-corrected chi connectivity index (χ4v) is 4.75. The number of rotatable bonds is 8. The van der Waals surface area contributed by atoms with Gasteiger partial charge in [0.1, 0.15) is 19.3 Å². The lowest BCUT2D eigenvalue weighted by molar-refractivity contribution is -0.163. The second-order valence-corrected chi connectivity index (χ2v) is 9.15. The quantitative estimate of drug-likeness (QED) is 0.555. The van der Waals surface area contributed by atoms with Gasteiger partial charge in [-0.25, -0.2) is 4.79 Å². The van der Waals surface area contributed by atoms with E-state index in [9.17, 15) is 27.6 Å². The van der Waals surface area contributed by atoms with Crippen molar-refractivity contribution in [1.82, 2.24) is 14.7 Å². The molecule has 0 spiro atoms. The van der Waals surface area contributed by atoms with Crippen LogP contribution in [0.25, 0.3) is 0 Å². The van der Waals surface area contributed by atoms with Crippen molar-refractivity contribution in [3.63, 3.8) is 0 Å². The Hall–Kier alpha value is -2.82. The second-order valence-electron chi connectivity index (χ2n) is 9.15. The number of fused-ring (bicyclic) bond motifs is 1. The van der Waals surface area contributed by atoms with Gasteiger partial charge < -0.3 is 20.3 Å². The zero-order valence-electron chi connectivity index (χ0n) is 20.1. The molecule has 194 valence electrons. The van der Waals surface area contributed by atoms with Crippen molar-refractivity contribution in [3.8, 4) is 0 Å². The van der Waals surface area contributed by atoms with Gasteiger partial charge in [0, 0.05) is 19.0 Å². The molecule has 1 aromatic carbocycles. The lowest BCUT2D eigenvalue weighted by Crippen LogP contribution is -2.70. The fourth-order valence-electron chi connectivity index (χ4n) is 4.75. The molecule has 2 heterocycles. The molecule has 0 saturated carbocycles. The molecule has 8 nitrogen and oxygen atoms in total. The molecule has 35 heavy (non-hydrogen) atoms. The molecule has 2 unspecified atom stereocenters. The van der Waals surface area contributed by atoms with Crippen LogP contribution < -0.4 is 5.73 Å². The van der Waals surface area contributed by atoms with Crippen LogP contribution in [0.1, 0.15) is 55.7 Å². The number of benzene rings is 1. The highest BCUT2D eigenvalue weighted by Crippen LogP contribution is 2.32. The third-order valence-corrected chi connectivity index (χ3v) is 6.37. The summed E-state index contributed by atoms with van der Waals surface area (Å²) >= 11 is 0. The Bertz CT molecular complexity index is 940. The Morgan fingerprint density at radius 2 is 1.91 bits per heavy atom. The summed E-state index contributed by atoms with van der Waals surface area (Å²) in [5, 5.41) is 0. The van der Waals surface area contributed by atoms with Crippen LogP contribution in [-0.4, -0.2) is 71.0 Å². The summed E-state index contributed by atoms with van der Waals surface area (Å²) in [6.45, 7) is 4.18. The summed E-state index contributed by atoms with van der Waals surface area (Å²) in [4.78, 5) is 43.2. The summed E-state index contributed by atoms with van der Waals surface area (Å²) in [5.41, 5.74) is 5.42. The number of aryl methyl sites for hydroxylation is 1. The first kappa shape index (κ1) is 26.8. The SMILES string of the molecule is CCCN1CC2N(CC1=O)C(=O)CC(CCCCN)N2C(=O)OCc1cc(C)cc(C(F)(F)F)c1. The standard InChI is InChI=1S/C24H33F3N4O4/c1-3-8-29-13-20-30(14-22(29)33)21(32)12-19(6-4-5-7-28)31(20)23(34)35-15-17-9-16(2)10-18(11-17)24(25,26)27/h9-11,19-20H,3-8,12-15,28H2,1-2H3. The highest BCUT2D eigenvalue weighted by Gasteiger charge is 2.47. The number of alkyl halides is 3. The summed E-state index contributed by atoms with van der Waals surface area (Å²) in [5.74, 6) is -0.374. The van der Waals surface area contributed by atoms with Crippen molar-refractivity contribution in [1.29, 1.82) is 0 Å². The summed E-state index contributed by atoms with van der Waals surface area (Å²) < 4.78 is 45.1. The van der Waals surface area contributed by atoms with Crippen molar-refractivity contribution in [2.45, 2.75) is 70.9 Å². The number of carbonyl (C=O) groups is 3. The van der Waals surface area contributed by atoms with E-state index >= 15 is 0 Å². The van der Waals surface area contributed by atoms with Crippen molar-refractivity contribution in [3.05, 3.63) is 34.9 Å². The fraction of sp³-hybridized carbons (Fsp3) is 0.625. The lowest BCUT2D eigenvalue weighted by atomic mass is 9.98. The highest BCUT2D eigenvalue weighted by atomic mass is 19.4. The van der Waals surface area contributed by atoms with Crippen LogP contribution in [0.4, 0.5) is 18.0 Å². The van der Waals surface area contributed by atoms with Crippen LogP contribution in [0.15, 0.2) is 18.2 Å². The second kappa shape index (κ2) is 11.3. The van der Waals surface area contributed by atoms with E-state index < -0.39 is 30.0 Å². The zero-order chi connectivity index (χ0) is 25.8. The van der Waals surface area contributed by atoms with E-state index in [1.807, 2.05) is 6.92 Å². The van der Waals surface area contributed by atoms with E-state index in [4.69, 9.17) is 10.5 Å². The van der Waals surface area contributed by atoms with Crippen LogP contribution in [-0.2, 0) is 27.1 Å². The van der Waals surface area contributed by atoms with E-state index in [1.54, 1.807) is 11.8 Å². The minimum absolute atomic E-state index is 0.0555. The Balaban J connectivity index is 1.82. The van der Waals surface area contributed by atoms with Crippen LogP contribution >= 0.6 is 0 Å². The van der Waals surface area contributed by atoms with E-state index in [1.165, 1.54) is 15.9 Å². The van der Waals surface area contributed by atoms with Gasteiger partial charge >= 0.3 is 12.3 Å². The molecule has 2 atom stereocenters. The number of piperazine rings is 1. The predicted molar refractivity (Wildman–Crippen MR) is 122 cm³/mol.